The summed E-state index contributed by atoms with van der Waals surface area (Å²) in [7, 11) is 0. The van der Waals surface area contributed by atoms with Crippen LogP contribution in [0.15, 0.2) is 0 Å². The van der Waals surface area contributed by atoms with E-state index in [9.17, 15) is 0 Å². The van der Waals surface area contributed by atoms with E-state index in [0.717, 1.165) is 13.1 Å². The van der Waals surface area contributed by atoms with Gasteiger partial charge < -0.3 is 15.7 Å². The number of likely N-dealkylation sites (tertiary alicyclic amines) is 1. The summed E-state index contributed by atoms with van der Waals surface area (Å²) >= 11 is 0. The lowest BCUT2D eigenvalue weighted by Crippen LogP contribution is -2.34. The van der Waals surface area contributed by atoms with E-state index in [0.29, 0.717) is 11.8 Å². The highest BCUT2D eigenvalue weighted by atomic mass is 16.3. The lowest BCUT2D eigenvalue weighted by atomic mass is 10.00. The standard InChI is InChI=1S/C7H15N3O/c1-5-2-10(7(8)9)3-6(5)4-11/h5-6,11H,2-4H2,1H3,(H3,8,9)/t5-,6-/m0/s1. The molecular weight excluding hydrogens is 142 g/mol. The topological polar surface area (TPSA) is 73.3 Å². The maximum absolute atomic E-state index is 8.90. The molecule has 0 unspecified atom stereocenters. The van der Waals surface area contributed by atoms with Crippen LogP contribution >= 0.6 is 0 Å². The second kappa shape index (κ2) is 3.09. The summed E-state index contributed by atoms with van der Waals surface area (Å²) in [6.45, 7) is 3.81. The largest absolute Gasteiger partial charge is 0.396 e. The van der Waals surface area contributed by atoms with Gasteiger partial charge in [0.05, 0.1) is 0 Å². The SMILES string of the molecule is C[C@H]1CN(C(=N)N)C[C@H]1CO. The number of hydrogen-bond acceptors (Lipinski definition) is 2. The average molecular weight is 157 g/mol. The Morgan fingerprint density at radius 3 is 2.64 bits per heavy atom. The van der Waals surface area contributed by atoms with E-state index in [4.69, 9.17) is 16.2 Å². The predicted octanol–water partition coefficient (Wildman–Crippen LogP) is -0.560. The highest BCUT2D eigenvalue weighted by molar-refractivity contribution is 5.74. The van der Waals surface area contributed by atoms with Crippen LogP contribution in [-0.4, -0.2) is 35.7 Å². The van der Waals surface area contributed by atoms with E-state index >= 15 is 0 Å². The first-order valence-electron chi connectivity index (χ1n) is 3.85. The van der Waals surface area contributed by atoms with E-state index in [-0.39, 0.29) is 12.6 Å². The van der Waals surface area contributed by atoms with Crippen LogP contribution in [0.3, 0.4) is 0 Å². The van der Waals surface area contributed by atoms with Gasteiger partial charge in [-0.25, -0.2) is 0 Å². The Morgan fingerprint density at radius 2 is 2.36 bits per heavy atom. The molecule has 1 heterocycles. The molecule has 0 aromatic heterocycles. The minimum atomic E-state index is 0.118. The van der Waals surface area contributed by atoms with E-state index in [1.807, 2.05) is 0 Å². The molecule has 1 fully saturated rings. The number of aliphatic hydroxyl groups excluding tert-OH is 1. The Bertz CT molecular complexity index is 160. The molecule has 2 atom stereocenters. The Labute approximate surface area is 66.5 Å². The molecule has 4 heteroatoms. The predicted molar refractivity (Wildman–Crippen MR) is 43.2 cm³/mol. The molecule has 0 radical (unpaired) electrons. The van der Waals surface area contributed by atoms with Gasteiger partial charge in [0.2, 0.25) is 0 Å². The molecule has 64 valence electrons. The third-order valence-electron chi connectivity index (χ3n) is 2.34. The third-order valence-corrected chi connectivity index (χ3v) is 2.34. The minimum Gasteiger partial charge on any atom is -0.396 e. The Morgan fingerprint density at radius 1 is 1.73 bits per heavy atom. The van der Waals surface area contributed by atoms with Crippen LogP contribution in [0.25, 0.3) is 0 Å². The fourth-order valence-electron chi connectivity index (χ4n) is 1.47. The van der Waals surface area contributed by atoms with Crippen molar-refractivity contribution in [2.75, 3.05) is 19.7 Å². The van der Waals surface area contributed by atoms with Crippen LogP contribution in [0.1, 0.15) is 6.92 Å². The molecule has 11 heavy (non-hydrogen) atoms. The van der Waals surface area contributed by atoms with Gasteiger partial charge in [0.15, 0.2) is 5.96 Å². The number of nitrogens with one attached hydrogen (secondary N) is 1. The Kier molecular flexibility index (Phi) is 2.34. The van der Waals surface area contributed by atoms with Crippen molar-refractivity contribution in [2.24, 2.45) is 17.6 Å². The fraction of sp³-hybridized carbons (Fsp3) is 0.857. The average Bonchev–Trinajstić information content (AvgIpc) is 2.31. The molecule has 4 nitrogen and oxygen atoms in total. The lowest BCUT2D eigenvalue weighted by Gasteiger charge is -2.14. The van der Waals surface area contributed by atoms with Crippen molar-refractivity contribution in [1.29, 1.82) is 5.41 Å². The molecule has 0 aromatic carbocycles. The lowest BCUT2D eigenvalue weighted by molar-refractivity contribution is 0.209. The van der Waals surface area contributed by atoms with Crippen LogP contribution < -0.4 is 5.73 Å². The molecule has 0 amide bonds. The van der Waals surface area contributed by atoms with Crippen molar-refractivity contribution in [3.63, 3.8) is 0 Å². The zero-order valence-electron chi connectivity index (χ0n) is 6.75. The van der Waals surface area contributed by atoms with Gasteiger partial charge in [0.25, 0.3) is 0 Å². The molecule has 0 saturated carbocycles. The molecule has 1 saturated heterocycles. The summed E-state index contributed by atoms with van der Waals surface area (Å²) in [5.41, 5.74) is 5.30. The zero-order chi connectivity index (χ0) is 8.43. The molecular formula is C7H15N3O. The Hall–Kier alpha value is -0.770. The van der Waals surface area contributed by atoms with E-state index in [2.05, 4.69) is 6.92 Å². The number of aliphatic hydroxyl groups is 1. The molecule has 0 spiro atoms. The first-order chi connectivity index (χ1) is 5.15. The highest BCUT2D eigenvalue weighted by Gasteiger charge is 2.29. The normalized spacial score (nSPS) is 30.9. The van der Waals surface area contributed by atoms with Crippen molar-refractivity contribution < 1.29 is 5.11 Å². The van der Waals surface area contributed by atoms with Crippen LogP contribution in [-0.2, 0) is 0 Å². The second-order valence-corrected chi connectivity index (χ2v) is 3.21. The molecule has 1 aliphatic rings. The summed E-state index contributed by atoms with van der Waals surface area (Å²) in [5.74, 6) is 0.857. The van der Waals surface area contributed by atoms with Crippen molar-refractivity contribution in [1.82, 2.24) is 4.90 Å². The van der Waals surface area contributed by atoms with Crippen LogP contribution in [0, 0.1) is 17.2 Å². The van der Waals surface area contributed by atoms with Crippen LogP contribution in [0.5, 0.6) is 0 Å². The van der Waals surface area contributed by atoms with Gasteiger partial charge in [0.1, 0.15) is 0 Å². The van der Waals surface area contributed by atoms with Crippen molar-refractivity contribution in [3.8, 4) is 0 Å². The van der Waals surface area contributed by atoms with Gasteiger partial charge in [-0.2, -0.15) is 0 Å². The Balaban J connectivity index is 2.49. The van der Waals surface area contributed by atoms with Crippen molar-refractivity contribution in [2.45, 2.75) is 6.92 Å². The zero-order valence-corrected chi connectivity index (χ0v) is 6.75. The summed E-state index contributed by atoms with van der Waals surface area (Å²) in [5, 5.41) is 16.1. The molecule has 0 aliphatic carbocycles. The van der Waals surface area contributed by atoms with Crippen molar-refractivity contribution >= 4 is 5.96 Å². The third kappa shape index (κ3) is 1.63. The van der Waals surface area contributed by atoms with E-state index in [1.165, 1.54) is 0 Å². The summed E-state index contributed by atoms with van der Waals surface area (Å²) in [6, 6.07) is 0. The molecule has 1 aliphatic heterocycles. The van der Waals surface area contributed by atoms with Gasteiger partial charge >= 0.3 is 0 Å². The number of rotatable bonds is 1. The van der Waals surface area contributed by atoms with Crippen LogP contribution in [0.4, 0.5) is 0 Å². The summed E-state index contributed by atoms with van der Waals surface area (Å²) in [6.07, 6.45) is 0. The first-order valence-corrected chi connectivity index (χ1v) is 3.85. The quantitative estimate of drug-likeness (QED) is 0.353. The summed E-state index contributed by atoms with van der Waals surface area (Å²) in [4.78, 5) is 1.80. The number of nitrogens with zero attached hydrogens (tertiary/aromatic N) is 1. The summed E-state index contributed by atoms with van der Waals surface area (Å²) < 4.78 is 0. The van der Waals surface area contributed by atoms with E-state index < -0.39 is 0 Å². The highest BCUT2D eigenvalue weighted by Crippen LogP contribution is 2.21. The number of nitrogens with two attached hydrogens (primary N) is 1. The molecule has 4 N–H and O–H groups in total. The van der Waals surface area contributed by atoms with Gasteiger partial charge in [0, 0.05) is 25.6 Å². The maximum Gasteiger partial charge on any atom is 0.188 e. The van der Waals surface area contributed by atoms with Crippen molar-refractivity contribution in [3.05, 3.63) is 0 Å². The minimum absolute atomic E-state index is 0.118. The smallest absolute Gasteiger partial charge is 0.188 e. The fourth-order valence-corrected chi connectivity index (χ4v) is 1.47. The maximum atomic E-state index is 8.90. The van der Waals surface area contributed by atoms with Gasteiger partial charge in [-0.3, -0.25) is 5.41 Å². The van der Waals surface area contributed by atoms with Gasteiger partial charge in [-0.05, 0) is 5.92 Å². The molecule has 0 aromatic rings. The first kappa shape index (κ1) is 8.33. The molecule has 1 rings (SSSR count). The van der Waals surface area contributed by atoms with Gasteiger partial charge in [-0.1, -0.05) is 6.92 Å². The van der Waals surface area contributed by atoms with E-state index in [1.54, 1.807) is 4.90 Å². The molecule has 0 bridgehead atoms. The van der Waals surface area contributed by atoms with Crippen LogP contribution in [0.2, 0.25) is 0 Å². The van der Waals surface area contributed by atoms with Gasteiger partial charge in [-0.15, -0.1) is 0 Å². The number of hydrogen-bond donors (Lipinski definition) is 3. The second-order valence-electron chi connectivity index (χ2n) is 3.21. The number of guanidine groups is 1. The monoisotopic (exact) mass is 157 g/mol.